The molecule has 0 spiro atoms. The van der Waals surface area contributed by atoms with E-state index >= 15 is 0 Å². The number of rotatable bonds is 4. The molecule has 10 heavy (non-hydrogen) atoms. The van der Waals surface area contributed by atoms with Crippen molar-refractivity contribution in [2.24, 2.45) is 5.73 Å². The highest BCUT2D eigenvalue weighted by atomic mass is 31.1. The van der Waals surface area contributed by atoms with Crippen molar-refractivity contribution < 1.29 is 28.0 Å². The van der Waals surface area contributed by atoms with E-state index in [9.17, 15) is 9.13 Å². The van der Waals surface area contributed by atoms with Gasteiger partial charge in [-0.05, 0) is 0 Å². The molecule has 9 heteroatoms. The van der Waals surface area contributed by atoms with Crippen LogP contribution in [0.3, 0.4) is 0 Å². The molecule has 58 valence electrons. The zero-order valence-corrected chi connectivity index (χ0v) is 6.37. The summed E-state index contributed by atoms with van der Waals surface area (Å²) in [6.45, 7) is 0. The van der Waals surface area contributed by atoms with Crippen molar-refractivity contribution in [3.8, 4) is 0 Å². The van der Waals surface area contributed by atoms with Gasteiger partial charge in [-0.25, -0.2) is 0 Å². The van der Waals surface area contributed by atoms with Gasteiger partial charge in [0.1, 0.15) is 0 Å². The molecule has 0 heterocycles. The van der Waals surface area contributed by atoms with Gasteiger partial charge in [0.2, 0.25) is 0 Å². The van der Waals surface area contributed by atoms with E-state index in [2.05, 4.69) is 9.05 Å². The maximum absolute atomic E-state index is 9.78. The zero-order chi connectivity index (χ0) is 8.15. The van der Waals surface area contributed by atoms with Gasteiger partial charge in [0.05, 0.1) is 0 Å². The first-order valence-electron chi connectivity index (χ1n) is 1.94. The lowest BCUT2D eigenvalue weighted by Gasteiger charge is -1.89. The van der Waals surface area contributed by atoms with E-state index in [-0.39, 0.29) is 0 Å². The number of hydrogen-bond donors (Lipinski definition) is 3. The van der Waals surface area contributed by atoms with Crippen LogP contribution < -0.4 is 5.73 Å². The van der Waals surface area contributed by atoms with Crippen LogP contribution in [-0.2, 0) is 18.2 Å². The standard InChI is InChI=1S/CH3NO6P2/c2-1(7-9(3)4)8-10(5)6/h1H,2H2/p+2. The molecular formula is CH5NO6P2+2. The average Bonchev–Trinajstić information content (AvgIpc) is 1.58. The summed E-state index contributed by atoms with van der Waals surface area (Å²) in [5, 5.41) is 0. The summed E-state index contributed by atoms with van der Waals surface area (Å²) >= 11 is 0. The Hall–Kier alpha value is -0.0000000000000000763. The van der Waals surface area contributed by atoms with Crippen molar-refractivity contribution in [3.63, 3.8) is 0 Å². The highest BCUT2D eigenvalue weighted by molar-refractivity contribution is 7.32. The largest absolute Gasteiger partial charge is 0.699 e. The topological polar surface area (TPSA) is 119 Å². The molecule has 0 rings (SSSR count). The molecule has 0 radical (unpaired) electrons. The lowest BCUT2D eigenvalue weighted by molar-refractivity contribution is 0.00839. The fourth-order valence-electron chi connectivity index (χ4n) is 0.197. The highest BCUT2D eigenvalue weighted by Gasteiger charge is 2.28. The van der Waals surface area contributed by atoms with Gasteiger partial charge in [-0.2, -0.15) is 0 Å². The van der Waals surface area contributed by atoms with Gasteiger partial charge in [-0.1, -0.05) is 9.05 Å². The second-order valence-electron chi connectivity index (χ2n) is 1.05. The van der Waals surface area contributed by atoms with E-state index in [0.717, 1.165) is 0 Å². The van der Waals surface area contributed by atoms with Gasteiger partial charge in [0.25, 0.3) is 0 Å². The summed E-state index contributed by atoms with van der Waals surface area (Å²) in [5.74, 6) is 0. The van der Waals surface area contributed by atoms with Crippen molar-refractivity contribution in [2.75, 3.05) is 0 Å². The molecule has 0 aromatic rings. The smallest absolute Gasteiger partial charge is 0.275 e. The van der Waals surface area contributed by atoms with Gasteiger partial charge in [-0.3, -0.25) is 5.73 Å². The van der Waals surface area contributed by atoms with Crippen molar-refractivity contribution in [1.29, 1.82) is 0 Å². The van der Waals surface area contributed by atoms with Crippen LogP contribution in [0.1, 0.15) is 0 Å². The van der Waals surface area contributed by atoms with Crippen molar-refractivity contribution in [3.05, 3.63) is 0 Å². The summed E-state index contributed by atoms with van der Waals surface area (Å²) in [6.07, 6.45) is -1.65. The van der Waals surface area contributed by atoms with E-state index in [4.69, 9.17) is 15.5 Å². The molecule has 0 saturated carbocycles. The summed E-state index contributed by atoms with van der Waals surface area (Å²) in [5.41, 5.74) is 4.74. The Balaban J connectivity index is 3.53. The van der Waals surface area contributed by atoms with Crippen molar-refractivity contribution >= 4 is 16.5 Å². The average molecular weight is 189 g/mol. The summed E-state index contributed by atoms with van der Waals surface area (Å²) in [4.78, 5) is 16.0. The van der Waals surface area contributed by atoms with Gasteiger partial charge >= 0.3 is 22.9 Å². The van der Waals surface area contributed by atoms with Crippen molar-refractivity contribution in [2.45, 2.75) is 6.41 Å². The molecule has 0 aliphatic heterocycles. The lowest BCUT2D eigenvalue weighted by Crippen LogP contribution is -2.21. The predicted octanol–water partition coefficient (Wildman–Crippen LogP) is -0.439. The second kappa shape index (κ2) is 4.76. The van der Waals surface area contributed by atoms with Crippen LogP contribution >= 0.6 is 16.5 Å². The minimum absolute atomic E-state index is 1.65. The molecule has 0 fully saturated rings. The van der Waals surface area contributed by atoms with E-state index < -0.39 is 22.9 Å². The van der Waals surface area contributed by atoms with Crippen LogP contribution in [-0.4, -0.2) is 16.2 Å². The van der Waals surface area contributed by atoms with Crippen LogP contribution in [0.5, 0.6) is 0 Å². The van der Waals surface area contributed by atoms with Gasteiger partial charge in [0, 0.05) is 9.13 Å². The molecule has 7 nitrogen and oxygen atoms in total. The Labute approximate surface area is 57.7 Å². The van der Waals surface area contributed by atoms with Crippen LogP contribution in [0.25, 0.3) is 0 Å². The van der Waals surface area contributed by atoms with Gasteiger partial charge in [0.15, 0.2) is 0 Å². The minimum atomic E-state index is -2.91. The third-order valence-corrected chi connectivity index (χ3v) is 1.16. The Bertz CT molecular complexity index is 131. The molecular weight excluding hydrogens is 184 g/mol. The molecule has 2 atom stereocenters. The summed E-state index contributed by atoms with van der Waals surface area (Å²) in [6, 6.07) is 0. The summed E-state index contributed by atoms with van der Waals surface area (Å²) < 4.78 is 27.2. The van der Waals surface area contributed by atoms with Gasteiger partial charge < -0.3 is 0 Å². The number of nitrogens with two attached hydrogens (primary N) is 1. The van der Waals surface area contributed by atoms with Crippen LogP contribution in [0.15, 0.2) is 0 Å². The van der Waals surface area contributed by atoms with Crippen LogP contribution in [0, 0.1) is 0 Å². The normalized spacial score (nSPS) is 16.3. The Kier molecular flexibility index (Phi) is 4.76. The minimum Gasteiger partial charge on any atom is -0.275 e. The predicted molar refractivity (Wildman–Crippen MR) is 29.8 cm³/mol. The SMILES string of the molecule is NC(O[P+](=O)O)O[P+](=O)O. The molecule has 0 aromatic heterocycles. The third kappa shape index (κ3) is 6.12. The fourth-order valence-corrected chi connectivity index (χ4v) is 0.706. The van der Waals surface area contributed by atoms with Gasteiger partial charge in [-0.15, -0.1) is 9.79 Å². The molecule has 0 aromatic carbocycles. The van der Waals surface area contributed by atoms with E-state index in [0.29, 0.717) is 0 Å². The fraction of sp³-hybridized carbons (Fsp3) is 1.00. The maximum atomic E-state index is 9.78. The molecule has 0 bridgehead atoms. The van der Waals surface area contributed by atoms with Crippen molar-refractivity contribution in [1.82, 2.24) is 0 Å². The monoisotopic (exact) mass is 189 g/mol. The molecule has 0 aliphatic rings. The van der Waals surface area contributed by atoms with Crippen LogP contribution in [0.4, 0.5) is 0 Å². The lowest BCUT2D eigenvalue weighted by atomic mass is 11.2. The Morgan fingerprint density at radius 2 is 1.50 bits per heavy atom. The van der Waals surface area contributed by atoms with E-state index in [1.165, 1.54) is 0 Å². The Morgan fingerprint density at radius 1 is 1.20 bits per heavy atom. The quantitative estimate of drug-likeness (QED) is 0.405. The molecule has 0 aliphatic carbocycles. The Morgan fingerprint density at radius 3 is 1.70 bits per heavy atom. The molecule has 0 amide bonds. The van der Waals surface area contributed by atoms with E-state index in [1.54, 1.807) is 0 Å². The van der Waals surface area contributed by atoms with E-state index in [1.807, 2.05) is 0 Å². The molecule has 2 unspecified atom stereocenters. The molecule has 4 N–H and O–H groups in total. The van der Waals surface area contributed by atoms with Crippen LogP contribution in [0.2, 0.25) is 0 Å². The second-order valence-corrected chi connectivity index (χ2v) is 2.43. The maximum Gasteiger partial charge on any atom is 0.699 e. The third-order valence-electron chi connectivity index (χ3n) is 0.388. The first kappa shape index (κ1) is 10.0. The zero-order valence-electron chi connectivity index (χ0n) is 4.58. The first-order valence-corrected chi connectivity index (χ1v) is 4.20. The number of hydrogen-bond acceptors (Lipinski definition) is 5. The highest BCUT2D eigenvalue weighted by Crippen LogP contribution is 2.22. The first-order chi connectivity index (χ1) is 4.52. The summed E-state index contributed by atoms with van der Waals surface area (Å²) in [7, 11) is -5.82. The molecule has 0 saturated heterocycles.